The Balaban J connectivity index is 2.39. The summed E-state index contributed by atoms with van der Waals surface area (Å²) in [7, 11) is 1.70. The highest BCUT2D eigenvalue weighted by atomic mass is 16.5. The van der Waals surface area contributed by atoms with Gasteiger partial charge in [0.05, 0.1) is 19.8 Å². The molecule has 1 atom stereocenters. The normalized spacial score (nSPS) is 12.3. The minimum atomic E-state index is 0.153. The number of benzene rings is 1. The van der Waals surface area contributed by atoms with E-state index in [2.05, 4.69) is 36.2 Å². The molecule has 0 saturated carbocycles. The summed E-state index contributed by atoms with van der Waals surface area (Å²) in [6, 6.07) is 8.47. The summed E-state index contributed by atoms with van der Waals surface area (Å²) in [5.41, 5.74) is 9.21. The summed E-state index contributed by atoms with van der Waals surface area (Å²) < 4.78 is 10.6. The van der Waals surface area contributed by atoms with Crippen molar-refractivity contribution in [3.63, 3.8) is 0 Å². The zero-order chi connectivity index (χ0) is 14.8. The molecule has 0 aliphatic heterocycles. The van der Waals surface area contributed by atoms with Crippen LogP contribution in [-0.2, 0) is 16.1 Å². The largest absolute Gasteiger partial charge is 0.380 e. The number of nitrogens with two attached hydrogens (primary N) is 1. The summed E-state index contributed by atoms with van der Waals surface area (Å²) >= 11 is 0. The third-order valence-corrected chi connectivity index (χ3v) is 2.91. The first-order chi connectivity index (χ1) is 9.67. The molecule has 0 aromatic heterocycles. The smallest absolute Gasteiger partial charge is 0.0713 e. The van der Waals surface area contributed by atoms with Gasteiger partial charge in [0, 0.05) is 26.2 Å². The fourth-order valence-corrected chi connectivity index (χ4v) is 1.90. The third-order valence-electron chi connectivity index (χ3n) is 2.91. The van der Waals surface area contributed by atoms with Crippen molar-refractivity contribution in [3.05, 3.63) is 47.5 Å². The van der Waals surface area contributed by atoms with E-state index < -0.39 is 0 Å². The SMILES string of the molecule is C=C(C)COCCNC(CN)c1ccc(COC)cc1. The van der Waals surface area contributed by atoms with Crippen LogP contribution in [0.25, 0.3) is 0 Å². The van der Waals surface area contributed by atoms with E-state index in [9.17, 15) is 0 Å². The van der Waals surface area contributed by atoms with E-state index in [0.29, 0.717) is 26.4 Å². The Morgan fingerprint density at radius 2 is 2.05 bits per heavy atom. The molecular formula is C16H26N2O2. The van der Waals surface area contributed by atoms with Crippen LogP contribution in [0.2, 0.25) is 0 Å². The van der Waals surface area contributed by atoms with Crippen molar-refractivity contribution in [3.8, 4) is 0 Å². The van der Waals surface area contributed by atoms with Gasteiger partial charge >= 0.3 is 0 Å². The maximum atomic E-state index is 5.82. The fraction of sp³-hybridized carbons (Fsp3) is 0.500. The molecule has 1 aromatic carbocycles. The lowest BCUT2D eigenvalue weighted by molar-refractivity contribution is 0.155. The van der Waals surface area contributed by atoms with Crippen molar-refractivity contribution >= 4 is 0 Å². The van der Waals surface area contributed by atoms with Crippen LogP contribution < -0.4 is 11.1 Å². The first-order valence-corrected chi connectivity index (χ1v) is 6.90. The molecule has 0 bridgehead atoms. The number of hydrogen-bond donors (Lipinski definition) is 2. The van der Waals surface area contributed by atoms with Gasteiger partial charge in [0.2, 0.25) is 0 Å². The average Bonchev–Trinajstić information content (AvgIpc) is 2.44. The first-order valence-electron chi connectivity index (χ1n) is 6.90. The van der Waals surface area contributed by atoms with Gasteiger partial charge < -0.3 is 20.5 Å². The van der Waals surface area contributed by atoms with Gasteiger partial charge in [0.25, 0.3) is 0 Å². The predicted octanol–water partition coefficient (Wildman–Crippen LogP) is 2.02. The van der Waals surface area contributed by atoms with Crippen molar-refractivity contribution in [2.24, 2.45) is 5.73 Å². The topological polar surface area (TPSA) is 56.5 Å². The van der Waals surface area contributed by atoms with E-state index in [0.717, 1.165) is 17.7 Å². The molecule has 0 radical (unpaired) electrons. The zero-order valence-corrected chi connectivity index (χ0v) is 12.5. The van der Waals surface area contributed by atoms with Gasteiger partial charge in [-0.25, -0.2) is 0 Å². The molecule has 0 amide bonds. The molecule has 0 heterocycles. The Bertz CT molecular complexity index is 390. The molecule has 3 N–H and O–H groups in total. The summed E-state index contributed by atoms with van der Waals surface area (Å²) in [6.07, 6.45) is 0. The Morgan fingerprint density at radius 1 is 1.35 bits per heavy atom. The van der Waals surface area contributed by atoms with Crippen molar-refractivity contribution in [2.45, 2.75) is 19.6 Å². The Kier molecular flexibility index (Phi) is 8.14. The molecule has 1 unspecified atom stereocenters. The molecule has 0 aliphatic rings. The van der Waals surface area contributed by atoms with Crippen LogP contribution in [0.15, 0.2) is 36.4 Å². The van der Waals surface area contributed by atoms with Crippen LogP contribution in [0.3, 0.4) is 0 Å². The molecule has 4 nitrogen and oxygen atoms in total. The summed E-state index contributed by atoms with van der Waals surface area (Å²) in [5, 5.41) is 3.40. The van der Waals surface area contributed by atoms with E-state index in [1.165, 1.54) is 5.56 Å². The minimum absolute atomic E-state index is 0.153. The third kappa shape index (κ3) is 6.30. The van der Waals surface area contributed by atoms with Crippen LogP contribution in [0.1, 0.15) is 24.1 Å². The molecule has 0 aliphatic carbocycles. The second kappa shape index (κ2) is 9.66. The summed E-state index contributed by atoms with van der Waals surface area (Å²) in [4.78, 5) is 0. The monoisotopic (exact) mass is 278 g/mol. The standard InChI is InChI=1S/C16H26N2O2/c1-13(2)11-20-9-8-18-16(10-17)15-6-4-14(5-7-15)12-19-3/h4-7,16,18H,1,8-12,17H2,2-3H3. The molecule has 0 fully saturated rings. The molecular weight excluding hydrogens is 252 g/mol. The van der Waals surface area contributed by atoms with E-state index in [1.54, 1.807) is 7.11 Å². The maximum Gasteiger partial charge on any atom is 0.0713 e. The molecule has 1 rings (SSSR count). The number of ether oxygens (including phenoxy) is 2. The van der Waals surface area contributed by atoms with Crippen LogP contribution >= 0.6 is 0 Å². The highest BCUT2D eigenvalue weighted by molar-refractivity contribution is 5.25. The highest BCUT2D eigenvalue weighted by Crippen LogP contribution is 2.13. The summed E-state index contributed by atoms with van der Waals surface area (Å²) in [6.45, 7) is 8.99. The first kappa shape index (κ1) is 16.9. The van der Waals surface area contributed by atoms with Crippen LogP contribution in [0.4, 0.5) is 0 Å². The van der Waals surface area contributed by atoms with Gasteiger partial charge in [-0.1, -0.05) is 36.4 Å². The molecule has 1 aromatic rings. The van der Waals surface area contributed by atoms with Gasteiger partial charge in [-0.05, 0) is 18.1 Å². The van der Waals surface area contributed by atoms with Gasteiger partial charge in [-0.3, -0.25) is 0 Å². The minimum Gasteiger partial charge on any atom is -0.380 e. The van der Waals surface area contributed by atoms with E-state index in [-0.39, 0.29) is 6.04 Å². The Labute approximate surface area is 122 Å². The van der Waals surface area contributed by atoms with Crippen LogP contribution in [-0.4, -0.2) is 33.4 Å². The van der Waals surface area contributed by atoms with E-state index >= 15 is 0 Å². The molecule has 20 heavy (non-hydrogen) atoms. The van der Waals surface area contributed by atoms with Crippen molar-refractivity contribution in [1.29, 1.82) is 0 Å². The molecule has 112 valence electrons. The number of hydrogen-bond acceptors (Lipinski definition) is 4. The van der Waals surface area contributed by atoms with E-state index in [1.807, 2.05) is 6.92 Å². The maximum absolute atomic E-state index is 5.82. The van der Waals surface area contributed by atoms with Gasteiger partial charge in [-0.15, -0.1) is 0 Å². The van der Waals surface area contributed by atoms with Crippen molar-refractivity contribution < 1.29 is 9.47 Å². The van der Waals surface area contributed by atoms with Gasteiger partial charge in [-0.2, -0.15) is 0 Å². The molecule has 0 spiro atoms. The quantitative estimate of drug-likeness (QED) is 0.508. The lowest BCUT2D eigenvalue weighted by Crippen LogP contribution is -2.31. The Hall–Kier alpha value is -1.20. The van der Waals surface area contributed by atoms with Gasteiger partial charge in [0.1, 0.15) is 0 Å². The fourth-order valence-electron chi connectivity index (χ4n) is 1.90. The Morgan fingerprint density at radius 3 is 2.60 bits per heavy atom. The predicted molar refractivity (Wildman–Crippen MR) is 82.6 cm³/mol. The van der Waals surface area contributed by atoms with Crippen LogP contribution in [0.5, 0.6) is 0 Å². The second-order valence-electron chi connectivity index (χ2n) is 4.93. The zero-order valence-electron chi connectivity index (χ0n) is 12.5. The lowest BCUT2D eigenvalue weighted by atomic mass is 10.1. The van der Waals surface area contributed by atoms with E-state index in [4.69, 9.17) is 15.2 Å². The van der Waals surface area contributed by atoms with Crippen LogP contribution in [0, 0.1) is 0 Å². The second-order valence-corrected chi connectivity index (χ2v) is 4.93. The number of rotatable bonds is 10. The van der Waals surface area contributed by atoms with Crippen molar-refractivity contribution in [1.82, 2.24) is 5.32 Å². The number of nitrogens with one attached hydrogen (secondary N) is 1. The lowest BCUT2D eigenvalue weighted by Gasteiger charge is -2.17. The van der Waals surface area contributed by atoms with Gasteiger partial charge in [0.15, 0.2) is 0 Å². The molecule has 4 heteroatoms. The number of methoxy groups -OCH3 is 1. The average molecular weight is 278 g/mol. The highest BCUT2D eigenvalue weighted by Gasteiger charge is 2.08. The van der Waals surface area contributed by atoms with Crippen molar-refractivity contribution in [2.75, 3.05) is 33.4 Å². The molecule has 0 saturated heterocycles. The summed E-state index contributed by atoms with van der Waals surface area (Å²) in [5.74, 6) is 0.